The molecule has 1 aliphatic rings. The standard InChI is InChI=1S/C19H23NO/c1-2-19-15-20(12-13-21-19)14-16-8-10-18(11-9-16)17-6-4-3-5-7-17/h3-11,19H,2,12-15H2,1H3. The topological polar surface area (TPSA) is 12.5 Å². The van der Waals surface area contributed by atoms with E-state index in [0.29, 0.717) is 6.10 Å². The Hall–Kier alpha value is -1.64. The van der Waals surface area contributed by atoms with Gasteiger partial charge >= 0.3 is 0 Å². The molecule has 1 unspecified atom stereocenters. The lowest BCUT2D eigenvalue weighted by Gasteiger charge is -2.32. The second kappa shape index (κ2) is 6.88. The molecule has 1 atom stereocenters. The quantitative estimate of drug-likeness (QED) is 0.841. The number of ether oxygens (including phenoxy) is 1. The first-order valence-corrected chi connectivity index (χ1v) is 7.83. The van der Waals surface area contributed by atoms with Gasteiger partial charge in [-0.05, 0) is 23.1 Å². The Bertz CT molecular complexity index is 550. The van der Waals surface area contributed by atoms with Crippen molar-refractivity contribution in [1.82, 2.24) is 4.90 Å². The Morgan fingerprint density at radius 1 is 1.00 bits per heavy atom. The summed E-state index contributed by atoms with van der Waals surface area (Å²) in [5.74, 6) is 0. The molecule has 1 heterocycles. The number of rotatable bonds is 4. The van der Waals surface area contributed by atoms with Gasteiger partial charge in [0.1, 0.15) is 0 Å². The molecule has 110 valence electrons. The molecule has 1 saturated heterocycles. The molecule has 21 heavy (non-hydrogen) atoms. The average molecular weight is 281 g/mol. The van der Waals surface area contributed by atoms with Gasteiger partial charge in [-0.15, -0.1) is 0 Å². The average Bonchev–Trinajstić information content (AvgIpc) is 2.56. The zero-order chi connectivity index (χ0) is 14.5. The number of benzene rings is 2. The van der Waals surface area contributed by atoms with Gasteiger partial charge in [-0.3, -0.25) is 4.90 Å². The van der Waals surface area contributed by atoms with Crippen LogP contribution in [0, 0.1) is 0 Å². The van der Waals surface area contributed by atoms with Crippen LogP contribution in [0.25, 0.3) is 11.1 Å². The Labute approximate surface area is 127 Å². The highest BCUT2D eigenvalue weighted by Gasteiger charge is 2.18. The number of nitrogens with zero attached hydrogens (tertiary/aromatic N) is 1. The maximum atomic E-state index is 5.73. The van der Waals surface area contributed by atoms with Crippen LogP contribution in [-0.4, -0.2) is 30.7 Å². The van der Waals surface area contributed by atoms with Gasteiger partial charge in [0.25, 0.3) is 0 Å². The minimum Gasteiger partial charge on any atom is -0.376 e. The van der Waals surface area contributed by atoms with E-state index < -0.39 is 0 Å². The molecule has 2 nitrogen and oxygen atoms in total. The summed E-state index contributed by atoms with van der Waals surface area (Å²) in [5.41, 5.74) is 3.95. The van der Waals surface area contributed by atoms with Crippen LogP contribution in [0.15, 0.2) is 54.6 Å². The summed E-state index contributed by atoms with van der Waals surface area (Å²) in [6.45, 7) is 6.17. The molecule has 0 N–H and O–H groups in total. The van der Waals surface area contributed by atoms with E-state index in [9.17, 15) is 0 Å². The zero-order valence-electron chi connectivity index (χ0n) is 12.7. The second-order valence-corrected chi connectivity index (χ2v) is 5.70. The van der Waals surface area contributed by atoms with E-state index in [2.05, 4.69) is 66.4 Å². The smallest absolute Gasteiger partial charge is 0.0700 e. The third kappa shape index (κ3) is 3.72. The van der Waals surface area contributed by atoms with Crippen molar-refractivity contribution in [3.05, 3.63) is 60.2 Å². The highest BCUT2D eigenvalue weighted by Crippen LogP contribution is 2.20. The molecule has 0 aromatic heterocycles. The minimum absolute atomic E-state index is 0.405. The summed E-state index contributed by atoms with van der Waals surface area (Å²) < 4.78 is 5.73. The van der Waals surface area contributed by atoms with Crippen LogP contribution in [0.1, 0.15) is 18.9 Å². The van der Waals surface area contributed by atoms with Gasteiger partial charge in [-0.25, -0.2) is 0 Å². The van der Waals surface area contributed by atoms with Gasteiger partial charge in [-0.2, -0.15) is 0 Å². The fraction of sp³-hybridized carbons (Fsp3) is 0.368. The summed E-state index contributed by atoms with van der Waals surface area (Å²) in [6.07, 6.45) is 1.51. The Balaban J connectivity index is 1.65. The number of hydrogen-bond acceptors (Lipinski definition) is 2. The first-order valence-electron chi connectivity index (χ1n) is 7.83. The molecule has 0 radical (unpaired) electrons. The zero-order valence-corrected chi connectivity index (χ0v) is 12.7. The molecule has 3 rings (SSSR count). The monoisotopic (exact) mass is 281 g/mol. The molecule has 0 bridgehead atoms. The highest BCUT2D eigenvalue weighted by atomic mass is 16.5. The lowest BCUT2D eigenvalue weighted by molar-refractivity contribution is -0.0324. The largest absolute Gasteiger partial charge is 0.376 e. The maximum Gasteiger partial charge on any atom is 0.0700 e. The van der Waals surface area contributed by atoms with Gasteiger partial charge in [-0.1, -0.05) is 61.5 Å². The van der Waals surface area contributed by atoms with Gasteiger partial charge in [0.15, 0.2) is 0 Å². The molecule has 0 aliphatic carbocycles. The van der Waals surface area contributed by atoms with Crippen molar-refractivity contribution in [2.24, 2.45) is 0 Å². The van der Waals surface area contributed by atoms with Crippen molar-refractivity contribution in [3.8, 4) is 11.1 Å². The van der Waals surface area contributed by atoms with E-state index in [-0.39, 0.29) is 0 Å². The minimum atomic E-state index is 0.405. The van der Waals surface area contributed by atoms with E-state index in [1.807, 2.05) is 0 Å². The van der Waals surface area contributed by atoms with Crippen LogP contribution in [0.3, 0.4) is 0 Å². The predicted molar refractivity (Wildman–Crippen MR) is 87.2 cm³/mol. The second-order valence-electron chi connectivity index (χ2n) is 5.70. The Kier molecular flexibility index (Phi) is 4.69. The van der Waals surface area contributed by atoms with Crippen molar-refractivity contribution in [2.75, 3.05) is 19.7 Å². The van der Waals surface area contributed by atoms with Crippen LogP contribution in [0.5, 0.6) is 0 Å². The lowest BCUT2D eigenvalue weighted by atomic mass is 10.0. The lowest BCUT2D eigenvalue weighted by Crippen LogP contribution is -2.41. The predicted octanol–water partition coefficient (Wildman–Crippen LogP) is 3.96. The fourth-order valence-electron chi connectivity index (χ4n) is 2.86. The summed E-state index contributed by atoms with van der Waals surface area (Å²) >= 11 is 0. The SMILES string of the molecule is CCC1CN(Cc2ccc(-c3ccccc3)cc2)CCO1. The van der Waals surface area contributed by atoms with E-state index in [1.54, 1.807) is 0 Å². The molecule has 2 aromatic rings. The molecule has 0 amide bonds. The van der Waals surface area contributed by atoms with Gasteiger partial charge in [0, 0.05) is 19.6 Å². The summed E-state index contributed by atoms with van der Waals surface area (Å²) in [6, 6.07) is 19.5. The highest BCUT2D eigenvalue weighted by molar-refractivity contribution is 5.63. The van der Waals surface area contributed by atoms with Gasteiger partial charge < -0.3 is 4.74 Å². The van der Waals surface area contributed by atoms with E-state index in [1.165, 1.54) is 16.7 Å². The first kappa shape index (κ1) is 14.3. The van der Waals surface area contributed by atoms with Gasteiger partial charge in [0.05, 0.1) is 12.7 Å². The summed E-state index contributed by atoms with van der Waals surface area (Å²) in [4.78, 5) is 2.50. The van der Waals surface area contributed by atoms with Crippen molar-refractivity contribution < 1.29 is 4.74 Å². The van der Waals surface area contributed by atoms with E-state index in [0.717, 1.165) is 32.7 Å². The first-order chi connectivity index (χ1) is 10.3. The van der Waals surface area contributed by atoms with E-state index >= 15 is 0 Å². The van der Waals surface area contributed by atoms with Crippen LogP contribution in [0.2, 0.25) is 0 Å². The molecule has 1 aliphatic heterocycles. The molecule has 2 heteroatoms. The number of morpholine rings is 1. The van der Waals surface area contributed by atoms with Crippen LogP contribution in [0.4, 0.5) is 0 Å². The maximum absolute atomic E-state index is 5.73. The molecular formula is C19H23NO. The molecular weight excluding hydrogens is 258 g/mol. The van der Waals surface area contributed by atoms with Crippen molar-refractivity contribution >= 4 is 0 Å². The van der Waals surface area contributed by atoms with Crippen LogP contribution in [-0.2, 0) is 11.3 Å². The Morgan fingerprint density at radius 3 is 2.43 bits per heavy atom. The van der Waals surface area contributed by atoms with Crippen molar-refractivity contribution in [2.45, 2.75) is 26.0 Å². The normalized spacial score (nSPS) is 19.6. The van der Waals surface area contributed by atoms with Gasteiger partial charge in [0.2, 0.25) is 0 Å². The molecule has 0 spiro atoms. The third-order valence-electron chi connectivity index (χ3n) is 4.15. The summed E-state index contributed by atoms with van der Waals surface area (Å²) in [7, 11) is 0. The summed E-state index contributed by atoms with van der Waals surface area (Å²) in [5, 5.41) is 0. The fourth-order valence-corrected chi connectivity index (χ4v) is 2.86. The number of hydrogen-bond donors (Lipinski definition) is 0. The van der Waals surface area contributed by atoms with Crippen LogP contribution >= 0.6 is 0 Å². The van der Waals surface area contributed by atoms with Crippen molar-refractivity contribution in [3.63, 3.8) is 0 Å². The third-order valence-corrected chi connectivity index (χ3v) is 4.15. The van der Waals surface area contributed by atoms with E-state index in [4.69, 9.17) is 4.74 Å². The molecule has 1 fully saturated rings. The molecule has 0 saturated carbocycles. The Morgan fingerprint density at radius 2 is 1.71 bits per heavy atom. The molecule has 2 aromatic carbocycles. The van der Waals surface area contributed by atoms with Crippen molar-refractivity contribution in [1.29, 1.82) is 0 Å². The van der Waals surface area contributed by atoms with Crippen LogP contribution < -0.4 is 0 Å².